The Labute approximate surface area is 152 Å². The Morgan fingerprint density at radius 1 is 1.12 bits per heavy atom. The van der Waals surface area contributed by atoms with Gasteiger partial charge in [-0.3, -0.25) is 9.36 Å². The number of hydrogen-bond acceptors (Lipinski definition) is 4. The molecule has 6 nitrogen and oxygen atoms in total. The van der Waals surface area contributed by atoms with Gasteiger partial charge in [0.25, 0.3) is 5.91 Å². The predicted molar refractivity (Wildman–Crippen MR) is 99.0 cm³/mol. The third-order valence-electron chi connectivity index (χ3n) is 4.16. The lowest BCUT2D eigenvalue weighted by molar-refractivity contribution is 0.0932. The van der Waals surface area contributed by atoms with E-state index in [0.29, 0.717) is 17.2 Å². The quantitative estimate of drug-likeness (QED) is 0.739. The van der Waals surface area contributed by atoms with Gasteiger partial charge in [-0.15, -0.1) is 0 Å². The van der Waals surface area contributed by atoms with Crippen molar-refractivity contribution in [2.24, 2.45) is 0 Å². The van der Waals surface area contributed by atoms with Crippen molar-refractivity contribution in [3.63, 3.8) is 0 Å². The standard InChI is InChI=1S/C20H21N3O3/c1-14(17-10-9-16(25-2)11-19(17)26-3)22-20(24)18-12-21-13-23(18)15-7-5-4-6-8-15/h4-14H,1-3H3,(H,22,24). The molecule has 1 heterocycles. The average Bonchev–Trinajstić information content (AvgIpc) is 3.18. The number of nitrogens with zero attached hydrogens (tertiary/aromatic N) is 2. The van der Waals surface area contributed by atoms with E-state index in [0.717, 1.165) is 11.3 Å². The minimum atomic E-state index is -0.248. The summed E-state index contributed by atoms with van der Waals surface area (Å²) in [5.41, 5.74) is 2.22. The van der Waals surface area contributed by atoms with Gasteiger partial charge in [0.1, 0.15) is 17.2 Å². The molecule has 0 saturated carbocycles. The molecule has 1 aromatic heterocycles. The van der Waals surface area contributed by atoms with Gasteiger partial charge < -0.3 is 14.8 Å². The largest absolute Gasteiger partial charge is 0.497 e. The van der Waals surface area contributed by atoms with Crippen LogP contribution in [0.2, 0.25) is 0 Å². The van der Waals surface area contributed by atoms with Crippen LogP contribution >= 0.6 is 0 Å². The number of benzene rings is 2. The third-order valence-corrected chi connectivity index (χ3v) is 4.16. The molecule has 0 spiro atoms. The first-order valence-corrected chi connectivity index (χ1v) is 8.24. The number of amides is 1. The van der Waals surface area contributed by atoms with Gasteiger partial charge in [-0.2, -0.15) is 0 Å². The Bertz CT molecular complexity index is 890. The highest BCUT2D eigenvalue weighted by Gasteiger charge is 2.18. The number of imidazole rings is 1. The zero-order chi connectivity index (χ0) is 18.5. The monoisotopic (exact) mass is 351 g/mol. The SMILES string of the molecule is COc1ccc(C(C)NC(=O)c2cncn2-c2ccccc2)c(OC)c1. The van der Waals surface area contributed by atoms with Crippen molar-refractivity contribution in [3.05, 3.63) is 72.3 Å². The molecule has 0 bridgehead atoms. The maximum absolute atomic E-state index is 12.8. The van der Waals surface area contributed by atoms with E-state index in [4.69, 9.17) is 9.47 Å². The molecule has 0 aliphatic rings. The number of carbonyl (C=O) groups excluding carboxylic acids is 1. The molecule has 1 N–H and O–H groups in total. The summed E-state index contributed by atoms with van der Waals surface area (Å²) in [6, 6.07) is 14.9. The molecule has 6 heteroatoms. The van der Waals surface area contributed by atoms with Crippen LogP contribution in [0.4, 0.5) is 0 Å². The smallest absolute Gasteiger partial charge is 0.270 e. The summed E-state index contributed by atoms with van der Waals surface area (Å²) in [6.45, 7) is 1.91. The van der Waals surface area contributed by atoms with Crippen molar-refractivity contribution >= 4 is 5.91 Å². The summed E-state index contributed by atoms with van der Waals surface area (Å²) < 4.78 is 12.4. The predicted octanol–water partition coefficient (Wildman–Crippen LogP) is 3.38. The van der Waals surface area contributed by atoms with Crippen LogP contribution in [0.15, 0.2) is 61.1 Å². The Hall–Kier alpha value is -3.28. The van der Waals surface area contributed by atoms with Crippen molar-refractivity contribution in [1.82, 2.24) is 14.9 Å². The molecule has 0 fully saturated rings. The normalized spacial score (nSPS) is 11.7. The summed E-state index contributed by atoms with van der Waals surface area (Å²) in [4.78, 5) is 16.9. The first-order chi connectivity index (χ1) is 12.6. The van der Waals surface area contributed by atoms with Gasteiger partial charge >= 0.3 is 0 Å². The van der Waals surface area contributed by atoms with Gasteiger partial charge in [-0.25, -0.2) is 4.98 Å². The van der Waals surface area contributed by atoms with Gasteiger partial charge in [0.15, 0.2) is 0 Å². The fraction of sp³-hybridized carbons (Fsp3) is 0.200. The minimum Gasteiger partial charge on any atom is -0.497 e. The molecule has 0 saturated heterocycles. The molecule has 0 aliphatic carbocycles. The fourth-order valence-corrected chi connectivity index (χ4v) is 2.78. The van der Waals surface area contributed by atoms with Crippen molar-refractivity contribution < 1.29 is 14.3 Å². The van der Waals surface area contributed by atoms with Gasteiger partial charge in [-0.1, -0.05) is 18.2 Å². The highest BCUT2D eigenvalue weighted by molar-refractivity contribution is 5.93. The van der Waals surface area contributed by atoms with E-state index >= 15 is 0 Å². The van der Waals surface area contributed by atoms with Crippen LogP contribution in [-0.4, -0.2) is 29.7 Å². The Balaban J connectivity index is 1.82. The molecule has 1 amide bonds. The van der Waals surface area contributed by atoms with Crippen LogP contribution in [-0.2, 0) is 0 Å². The lowest BCUT2D eigenvalue weighted by Crippen LogP contribution is -2.28. The summed E-state index contributed by atoms with van der Waals surface area (Å²) in [5.74, 6) is 1.15. The zero-order valence-corrected chi connectivity index (χ0v) is 15.0. The van der Waals surface area contributed by atoms with Crippen molar-refractivity contribution in [1.29, 1.82) is 0 Å². The first-order valence-electron chi connectivity index (χ1n) is 8.24. The molecule has 0 aliphatic heterocycles. The minimum absolute atomic E-state index is 0.211. The van der Waals surface area contributed by atoms with Gasteiger partial charge in [0, 0.05) is 17.3 Å². The van der Waals surface area contributed by atoms with Crippen molar-refractivity contribution in [2.75, 3.05) is 14.2 Å². The fourth-order valence-electron chi connectivity index (χ4n) is 2.78. The Morgan fingerprint density at radius 2 is 1.88 bits per heavy atom. The van der Waals surface area contributed by atoms with E-state index in [1.807, 2.05) is 49.4 Å². The number of carbonyl (C=O) groups is 1. The lowest BCUT2D eigenvalue weighted by Gasteiger charge is -2.18. The highest BCUT2D eigenvalue weighted by Crippen LogP contribution is 2.29. The maximum atomic E-state index is 12.8. The van der Waals surface area contributed by atoms with Crippen LogP contribution in [0.3, 0.4) is 0 Å². The summed E-state index contributed by atoms with van der Waals surface area (Å²) in [5, 5.41) is 3.00. The highest BCUT2D eigenvalue weighted by atomic mass is 16.5. The summed E-state index contributed by atoms with van der Waals surface area (Å²) in [7, 11) is 3.20. The van der Waals surface area contributed by atoms with Crippen LogP contribution in [0, 0.1) is 0 Å². The second-order valence-corrected chi connectivity index (χ2v) is 5.79. The molecule has 2 aromatic carbocycles. The van der Waals surface area contributed by atoms with Crippen LogP contribution < -0.4 is 14.8 Å². The van der Waals surface area contributed by atoms with E-state index in [2.05, 4.69) is 10.3 Å². The Kier molecular flexibility index (Phi) is 5.22. The molecule has 0 radical (unpaired) electrons. The number of methoxy groups -OCH3 is 2. The van der Waals surface area contributed by atoms with E-state index in [1.165, 1.54) is 0 Å². The molecule has 3 rings (SSSR count). The summed E-state index contributed by atoms with van der Waals surface area (Å²) >= 11 is 0. The van der Waals surface area contributed by atoms with E-state index < -0.39 is 0 Å². The second-order valence-electron chi connectivity index (χ2n) is 5.79. The van der Waals surface area contributed by atoms with Gasteiger partial charge in [0.2, 0.25) is 0 Å². The molecule has 134 valence electrons. The second kappa shape index (κ2) is 7.74. The average molecular weight is 351 g/mol. The Morgan fingerprint density at radius 3 is 2.58 bits per heavy atom. The van der Waals surface area contributed by atoms with E-state index in [9.17, 15) is 4.79 Å². The molecular weight excluding hydrogens is 330 g/mol. The molecule has 3 aromatic rings. The molecule has 1 unspecified atom stereocenters. The zero-order valence-electron chi connectivity index (χ0n) is 15.0. The van der Waals surface area contributed by atoms with E-state index in [-0.39, 0.29) is 11.9 Å². The number of para-hydroxylation sites is 1. The van der Waals surface area contributed by atoms with Crippen LogP contribution in [0.5, 0.6) is 11.5 Å². The third kappa shape index (κ3) is 3.54. The van der Waals surface area contributed by atoms with Gasteiger partial charge in [0.05, 0.1) is 32.8 Å². The number of ether oxygens (including phenoxy) is 2. The van der Waals surface area contributed by atoms with Gasteiger partial charge in [-0.05, 0) is 31.2 Å². The number of nitrogens with one attached hydrogen (secondary N) is 1. The maximum Gasteiger partial charge on any atom is 0.270 e. The number of rotatable bonds is 6. The topological polar surface area (TPSA) is 65.4 Å². The first kappa shape index (κ1) is 17.5. The molecule has 1 atom stereocenters. The van der Waals surface area contributed by atoms with E-state index in [1.54, 1.807) is 37.4 Å². The molecule has 26 heavy (non-hydrogen) atoms. The number of aromatic nitrogens is 2. The van der Waals surface area contributed by atoms with Crippen molar-refractivity contribution in [3.8, 4) is 17.2 Å². The van der Waals surface area contributed by atoms with Crippen LogP contribution in [0.25, 0.3) is 5.69 Å². The van der Waals surface area contributed by atoms with Crippen molar-refractivity contribution in [2.45, 2.75) is 13.0 Å². The number of hydrogen-bond donors (Lipinski definition) is 1. The molecular formula is C20H21N3O3. The summed E-state index contributed by atoms with van der Waals surface area (Å²) in [6.07, 6.45) is 3.18. The lowest BCUT2D eigenvalue weighted by atomic mass is 10.1. The van der Waals surface area contributed by atoms with Crippen LogP contribution in [0.1, 0.15) is 29.0 Å².